The average Bonchev–Trinajstić information content (AvgIpc) is 3.43. The highest BCUT2D eigenvalue weighted by atomic mass is 16.2. The number of carbonyl (C=O) groups is 2. The van der Waals surface area contributed by atoms with Crippen LogP contribution in [0.25, 0.3) is 33.6 Å². The third-order valence-corrected chi connectivity index (χ3v) is 11.2. The Morgan fingerprint density at radius 1 is 0.917 bits per heavy atom. The monoisotopic (exact) mass is 638 g/mol. The number of pyridine rings is 1. The van der Waals surface area contributed by atoms with Gasteiger partial charge in [-0.1, -0.05) is 0 Å². The SMILES string of the molecule is Cc1cc(C(=O)N2CC3CCC2C3N)cc2nc(-c3cc4cccnc4n3CC3CC3)n(CC3CN(C(=O)c4ccc(C#N)cc4)C3)c12. The third-order valence-electron chi connectivity index (χ3n) is 11.2. The van der Waals surface area contributed by atoms with Gasteiger partial charge in [-0.3, -0.25) is 9.59 Å². The molecule has 48 heavy (non-hydrogen) atoms. The van der Waals surface area contributed by atoms with Crippen LogP contribution in [-0.2, 0) is 13.1 Å². The molecule has 4 aliphatic rings. The summed E-state index contributed by atoms with van der Waals surface area (Å²) in [4.78, 5) is 41.1. The summed E-state index contributed by atoms with van der Waals surface area (Å²) in [6.45, 7) is 5.67. The molecule has 4 fully saturated rings. The minimum absolute atomic E-state index is 0.0169. The zero-order valence-corrected chi connectivity index (χ0v) is 27.0. The lowest BCUT2D eigenvalue weighted by Gasteiger charge is -2.40. The Balaban J connectivity index is 1.09. The second kappa shape index (κ2) is 11.0. The zero-order chi connectivity index (χ0) is 32.7. The van der Waals surface area contributed by atoms with Crippen LogP contribution in [-0.4, -0.2) is 72.4 Å². The lowest BCUT2D eigenvalue weighted by atomic mass is 9.98. The molecule has 5 aromatic rings. The van der Waals surface area contributed by atoms with E-state index in [1.807, 2.05) is 34.2 Å². The first kappa shape index (κ1) is 29.2. The second-order valence-corrected chi connectivity index (χ2v) is 14.4. The van der Waals surface area contributed by atoms with E-state index in [1.165, 1.54) is 12.8 Å². The summed E-state index contributed by atoms with van der Waals surface area (Å²) in [7, 11) is 0. The minimum Gasteiger partial charge on any atom is -0.338 e. The van der Waals surface area contributed by atoms with Crippen LogP contribution in [0.1, 0.15) is 57.5 Å². The van der Waals surface area contributed by atoms with Crippen molar-refractivity contribution >= 4 is 33.9 Å². The molecule has 3 atom stereocenters. The van der Waals surface area contributed by atoms with E-state index in [0.717, 1.165) is 65.1 Å². The Labute approximate surface area is 278 Å². The van der Waals surface area contributed by atoms with Gasteiger partial charge >= 0.3 is 0 Å². The molecule has 2 saturated carbocycles. The van der Waals surface area contributed by atoms with Gasteiger partial charge < -0.3 is 24.7 Å². The molecule has 2 bridgehead atoms. The van der Waals surface area contributed by atoms with Crippen LogP contribution in [0.5, 0.6) is 0 Å². The fourth-order valence-electron chi connectivity index (χ4n) is 8.42. The van der Waals surface area contributed by atoms with Crippen LogP contribution in [0.4, 0.5) is 0 Å². The Hall–Kier alpha value is -5.01. The molecule has 3 unspecified atom stereocenters. The molecule has 2 amide bonds. The van der Waals surface area contributed by atoms with E-state index < -0.39 is 0 Å². The number of rotatable bonds is 7. The number of nitrogens with zero attached hydrogens (tertiary/aromatic N) is 7. The molecule has 5 heterocycles. The quantitative estimate of drug-likeness (QED) is 0.268. The Kier molecular flexibility index (Phi) is 6.70. The number of carbonyl (C=O) groups excluding carboxylic acids is 2. The summed E-state index contributed by atoms with van der Waals surface area (Å²) < 4.78 is 4.65. The first-order valence-corrected chi connectivity index (χ1v) is 17.2. The van der Waals surface area contributed by atoms with Crippen molar-refractivity contribution < 1.29 is 9.59 Å². The van der Waals surface area contributed by atoms with E-state index in [-0.39, 0.29) is 29.8 Å². The summed E-state index contributed by atoms with van der Waals surface area (Å²) in [6, 6.07) is 19.4. The van der Waals surface area contributed by atoms with E-state index in [2.05, 4.69) is 34.3 Å². The second-order valence-electron chi connectivity index (χ2n) is 14.4. The maximum absolute atomic E-state index is 13.9. The van der Waals surface area contributed by atoms with Gasteiger partial charge in [0, 0.05) is 73.4 Å². The zero-order valence-electron chi connectivity index (χ0n) is 27.0. The van der Waals surface area contributed by atoms with Crippen molar-refractivity contribution in [3.8, 4) is 17.6 Å². The molecular weight excluding hydrogens is 600 g/mol. The van der Waals surface area contributed by atoms with Gasteiger partial charge in [0.05, 0.1) is 28.4 Å². The van der Waals surface area contributed by atoms with Crippen LogP contribution in [0.15, 0.2) is 60.8 Å². The maximum Gasteiger partial charge on any atom is 0.254 e. The van der Waals surface area contributed by atoms with E-state index >= 15 is 0 Å². The van der Waals surface area contributed by atoms with Crippen molar-refractivity contribution in [2.24, 2.45) is 23.5 Å². The van der Waals surface area contributed by atoms with Gasteiger partial charge in [0.2, 0.25) is 0 Å². The van der Waals surface area contributed by atoms with E-state index in [1.54, 1.807) is 24.3 Å². The van der Waals surface area contributed by atoms with E-state index in [4.69, 9.17) is 21.0 Å². The molecule has 2 saturated heterocycles. The lowest BCUT2D eigenvalue weighted by Crippen LogP contribution is -2.51. The Morgan fingerprint density at radius 2 is 1.71 bits per heavy atom. The topological polar surface area (TPSA) is 126 Å². The number of imidazole rings is 1. The molecule has 9 rings (SSSR count). The lowest BCUT2D eigenvalue weighted by molar-refractivity contribution is 0.0471. The molecular formula is C38H38N8O2. The van der Waals surface area contributed by atoms with Crippen molar-refractivity contribution in [1.29, 1.82) is 5.26 Å². The molecule has 2 aliphatic heterocycles. The number of fused-ring (bicyclic) bond motifs is 4. The molecule has 3 aromatic heterocycles. The van der Waals surface area contributed by atoms with Gasteiger partial charge in [0.25, 0.3) is 11.8 Å². The van der Waals surface area contributed by atoms with Gasteiger partial charge in [-0.25, -0.2) is 9.97 Å². The van der Waals surface area contributed by atoms with Gasteiger partial charge in [0.1, 0.15) is 5.65 Å². The smallest absolute Gasteiger partial charge is 0.254 e. The van der Waals surface area contributed by atoms with E-state index in [0.29, 0.717) is 48.2 Å². The molecule has 10 heteroatoms. The fraction of sp³-hybridized carbons (Fsp3) is 0.395. The first-order chi connectivity index (χ1) is 23.4. The summed E-state index contributed by atoms with van der Waals surface area (Å²) in [6.07, 6.45) is 6.37. The van der Waals surface area contributed by atoms with Gasteiger partial charge in [-0.05, 0) is 105 Å². The average molecular weight is 639 g/mol. The highest BCUT2D eigenvalue weighted by molar-refractivity contribution is 5.99. The third kappa shape index (κ3) is 4.71. The number of hydrogen-bond acceptors (Lipinski definition) is 6. The standard InChI is InChI=1S/C38H38N8O2/c1-22-13-29(38(48)45-21-28-10-11-31(45)33(28)40)14-30-34(22)46(20-25-17-43(18-25)37(47)26-8-6-23(16-39)7-9-26)36(42-30)32-15-27-3-2-12-41-35(27)44(32)19-24-4-5-24/h2-3,6-9,12-15,24-25,28,31,33H,4-5,10-11,17-21,40H2,1H3. The number of nitrogens with two attached hydrogens (primary N) is 1. The van der Waals surface area contributed by atoms with Crippen molar-refractivity contribution in [1.82, 2.24) is 28.9 Å². The van der Waals surface area contributed by atoms with Crippen LogP contribution in [0.3, 0.4) is 0 Å². The molecule has 2 aromatic carbocycles. The number of nitriles is 1. The Morgan fingerprint density at radius 3 is 2.42 bits per heavy atom. The van der Waals surface area contributed by atoms with Crippen molar-refractivity contribution in [3.63, 3.8) is 0 Å². The number of aromatic nitrogens is 4. The largest absolute Gasteiger partial charge is 0.338 e. The number of hydrogen-bond donors (Lipinski definition) is 1. The van der Waals surface area contributed by atoms with Crippen LogP contribution in [0, 0.1) is 36.0 Å². The van der Waals surface area contributed by atoms with Crippen molar-refractivity contribution in [2.45, 2.75) is 57.8 Å². The number of benzene rings is 2. The summed E-state index contributed by atoms with van der Waals surface area (Å²) in [5.74, 6) is 2.17. The molecule has 242 valence electrons. The van der Waals surface area contributed by atoms with Gasteiger partial charge in [-0.15, -0.1) is 0 Å². The predicted octanol–water partition coefficient (Wildman–Crippen LogP) is 4.98. The minimum atomic E-state index is -0.0169. The number of likely N-dealkylation sites (tertiary alicyclic amines) is 2. The van der Waals surface area contributed by atoms with Crippen LogP contribution < -0.4 is 5.73 Å². The number of piperidine rings is 1. The summed E-state index contributed by atoms with van der Waals surface area (Å²) in [5, 5.41) is 10.2. The molecule has 0 radical (unpaired) electrons. The highest BCUT2D eigenvalue weighted by Crippen LogP contribution is 2.40. The summed E-state index contributed by atoms with van der Waals surface area (Å²) in [5.41, 5.74) is 13.1. The predicted molar refractivity (Wildman–Crippen MR) is 182 cm³/mol. The fourth-order valence-corrected chi connectivity index (χ4v) is 8.42. The van der Waals surface area contributed by atoms with Crippen molar-refractivity contribution in [3.05, 3.63) is 83.0 Å². The van der Waals surface area contributed by atoms with Crippen LogP contribution in [0.2, 0.25) is 0 Å². The normalized spacial score (nSPS) is 22.1. The maximum atomic E-state index is 13.9. The Bertz CT molecular complexity index is 2150. The molecule has 10 nitrogen and oxygen atoms in total. The number of aryl methyl sites for hydroxylation is 1. The molecule has 2 N–H and O–H groups in total. The summed E-state index contributed by atoms with van der Waals surface area (Å²) >= 11 is 0. The van der Waals surface area contributed by atoms with E-state index in [9.17, 15) is 9.59 Å². The van der Waals surface area contributed by atoms with Gasteiger partial charge in [-0.2, -0.15) is 5.26 Å². The number of amides is 2. The highest BCUT2D eigenvalue weighted by Gasteiger charge is 2.47. The first-order valence-electron chi connectivity index (χ1n) is 17.2. The van der Waals surface area contributed by atoms with Crippen molar-refractivity contribution in [2.75, 3.05) is 19.6 Å². The molecule has 2 aliphatic carbocycles. The molecule has 0 spiro atoms. The van der Waals surface area contributed by atoms with Gasteiger partial charge in [0.15, 0.2) is 5.82 Å². The van der Waals surface area contributed by atoms with Crippen LogP contribution >= 0.6 is 0 Å².